The molecule has 13 heavy (non-hydrogen) atoms. The Morgan fingerprint density at radius 2 is 2.23 bits per heavy atom. The SMILES string of the molecule is [NH]CCc1ccc(O)c(C(N)=O)c1. The maximum absolute atomic E-state index is 10.8. The highest BCUT2D eigenvalue weighted by molar-refractivity contribution is 5.95. The molecular formula is C9H11N2O2. The number of aromatic hydroxyl groups is 1. The van der Waals surface area contributed by atoms with E-state index in [0.717, 1.165) is 5.56 Å². The molecular weight excluding hydrogens is 168 g/mol. The zero-order valence-corrected chi connectivity index (χ0v) is 7.08. The Hall–Kier alpha value is -1.55. The van der Waals surface area contributed by atoms with E-state index >= 15 is 0 Å². The summed E-state index contributed by atoms with van der Waals surface area (Å²) < 4.78 is 0. The molecule has 1 amide bonds. The second-order valence-electron chi connectivity index (χ2n) is 2.72. The number of carbonyl (C=O) groups is 1. The monoisotopic (exact) mass is 179 g/mol. The summed E-state index contributed by atoms with van der Waals surface area (Å²) >= 11 is 0. The van der Waals surface area contributed by atoms with Crippen LogP contribution in [0.15, 0.2) is 18.2 Å². The van der Waals surface area contributed by atoms with Crippen LogP contribution in [0.1, 0.15) is 15.9 Å². The lowest BCUT2D eigenvalue weighted by molar-refractivity contribution is 0.0997. The molecule has 0 spiro atoms. The summed E-state index contributed by atoms with van der Waals surface area (Å²) in [5, 5.41) is 9.23. The number of phenols is 1. The lowest BCUT2D eigenvalue weighted by Crippen LogP contribution is -2.11. The van der Waals surface area contributed by atoms with Crippen molar-refractivity contribution in [3.05, 3.63) is 29.3 Å². The van der Waals surface area contributed by atoms with Gasteiger partial charge in [0.25, 0.3) is 5.91 Å². The predicted molar refractivity (Wildman–Crippen MR) is 48.3 cm³/mol. The van der Waals surface area contributed by atoms with Crippen LogP contribution in [0.4, 0.5) is 0 Å². The van der Waals surface area contributed by atoms with Crippen LogP contribution >= 0.6 is 0 Å². The highest BCUT2D eigenvalue weighted by atomic mass is 16.3. The number of rotatable bonds is 3. The lowest BCUT2D eigenvalue weighted by Gasteiger charge is -2.03. The first-order chi connectivity index (χ1) is 6.15. The third kappa shape index (κ3) is 2.19. The summed E-state index contributed by atoms with van der Waals surface area (Å²) in [5.74, 6) is -0.759. The van der Waals surface area contributed by atoms with Crippen molar-refractivity contribution in [2.75, 3.05) is 6.54 Å². The van der Waals surface area contributed by atoms with Gasteiger partial charge < -0.3 is 10.8 Å². The number of amides is 1. The van der Waals surface area contributed by atoms with Crippen molar-refractivity contribution in [3.63, 3.8) is 0 Å². The minimum Gasteiger partial charge on any atom is -0.507 e. The fourth-order valence-corrected chi connectivity index (χ4v) is 1.08. The Labute approximate surface area is 76.2 Å². The Morgan fingerprint density at radius 1 is 1.54 bits per heavy atom. The summed E-state index contributed by atoms with van der Waals surface area (Å²) in [5.41, 5.74) is 13.0. The third-order valence-electron chi connectivity index (χ3n) is 1.74. The van der Waals surface area contributed by atoms with Gasteiger partial charge in [-0.25, -0.2) is 0 Å². The van der Waals surface area contributed by atoms with Gasteiger partial charge in [0.15, 0.2) is 0 Å². The first-order valence-electron chi connectivity index (χ1n) is 3.91. The molecule has 0 bridgehead atoms. The molecule has 0 atom stereocenters. The molecule has 4 N–H and O–H groups in total. The lowest BCUT2D eigenvalue weighted by atomic mass is 10.1. The molecule has 0 aromatic heterocycles. The maximum Gasteiger partial charge on any atom is 0.252 e. The van der Waals surface area contributed by atoms with Crippen molar-refractivity contribution in [2.24, 2.45) is 5.73 Å². The number of carbonyl (C=O) groups excluding carboxylic acids is 1. The summed E-state index contributed by atoms with van der Waals surface area (Å²) in [4.78, 5) is 10.8. The molecule has 1 aromatic carbocycles. The zero-order chi connectivity index (χ0) is 9.84. The van der Waals surface area contributed by atoms with Crippen LogP contribution < -0.4 is 11.5 Å². The quantitative estimate of drug-likeness (QED) is 0.699. The predicted octanol–water partition coefficient (Wildman–Crippen LogP) is 0.317. The molecule has 1 radical (unpaired) electrons. The molecule has 0 unspecified atom stereocenters. The van der Waals surface area contributed by atoms with Crippen molar-refractivity contribution in [1.82, 2.24) is 5.73 Å². The molecule has 0 heterocycles. The van der Waals surface area contributed by atoms with Gasteiger partial charge in [0.05, 0.1) is 5.56 Å². The largest absolute Gasteiger partial charge is 0.507 e. The number of hydrogen-bond acceptors (Lipinski definition) is 2. The Morgan fingerprint density at radius 3 is 2.77 bits per heavy atom. The topological polar surface area (TPSA) is 87.1 Å². The molecule has 4 heteroatoms. The van der Waals surface area contributed by atoms with Crippen LogP contribution in [-0.2, 0) is 6.42 Å². The van der Waals surface area contributed by atoms with E-state index in [4.69, 9.17) is 11.5 Å². The van der Waals surface area contributed by atoms with Gasteiger partial charge >= 0.3 is 0 Å². The highest BCUT2D eigenvalue weighted by Crippen LogP contribution is 2.17. The van der Waals surface area contributed by atoms with Gasteiger partial charge in [0, 0.05) is 6.54 Å². The van der Waals surface area contributed by atoms with Gasteiger partial charge in [0.1, 0.15) is 5.75 Å². The van der Waals surface area contributed by atoms with Gasteiger partial charge in [-0.15, -0.1) is 0 Å². The van der Waals surface area contributed by atoms with Gasteiger partial charge in [-0.05, 0) is 24.1 Å². The molecule has 69 valence electrons. The van der Waals surface area contributed by atoms with E-state index in [-0.39, 0.29) is 17.9 Å². The van der Waals surface area contributed by atoms with Crippen LogP contribution in [0.3, 0.4) is 0 Å². The van der Waals surface area contributed by atoms with Crippen LogP contribution in [-0.4, -0.2) is 17.6 Å². The van der Waals surface area contributed by atoms with Crippen LogP contribution in [0.2, 0.25) is 0 Å². The maximum atomic E-state index is 10.8. The van der Waals surface area contributed by atoms with Crippen molar-refractivity contribution in [3.8, 4) is 5.75 Å². The second kappa shape index (κ2) is 3.91. The Bertz CT molecular complexity index is 323. The van der Waals surface area contributed by atoms with Gasteiger partial charge in [-0.2, -0.15) is 0 Å². The van der Waals surface area contributed by atoms with Crippen LogP contribution in [0.25, 0.3) is 0 Å². The second-order valence-corrected chi connectivity index (χ2v) is 2.72. The van der Waals surface area contributed by atoms with E-state index in [1.807, 2.05) is 0 Å². The fraction of sp³-hybridized carbons (Fsp3) is 0.222. The highest BCUT2D eigenvalue weighted by Gasteiger charge is 2.07. The van der Waals surface area contributed by atoms with E-state index in [1.54, 1.807) is 6.07 Å². The number of primary amides is 1. The first-order valence-corrected chi connectivity index (χ1v) is 3.91. The van der Waals surface area contributed by atoms with Crippen molar-refractivity contribution in [1.29, 1.82) is 0 Å². The summed E-state index contributed by atoms with van der Waals surface area (Å²) in [7, 11) is 0. The normalized spacial score (nSPS) is 9.92. The van der Waals surface area contributed by atoms with E-state index in [9.17, 15) is 9.90 Å². The molecule has 0 aliphatic heterocycles. The molecule has 0 saturated carbocycles. The Balaban J connectivity index is 3.04. The van der Waals surface area contributed by atoms with Crippen molar-refractivity contribution >= 4 is 5.91 Å². The fourth-order valence-electron chi connectivity index (χ4n) is 1.08. The van der Waals surface area contributed by atoms with E-state index in [1.165, 1.54) is 12.1 Å². The average Bonchev–Trinajstić information content (AvgIpc) is 2.08. The van der Waals surface area contributed by atoms with Crippen LogP contribution in [0, 0.1) is 0 Å². The standard InChI is InChI=1S/C9H11N2O2/c10-4-3-6-1-2-8(12)7(5-6)9(11)13/h1-2,5,10,12H,3-4H2,(H2,11,13). The number of nitrogens with two attached hydrogens (primary N) is 1. The van der Waals surface area contributed by atoms with Crippen molar-refractivity contribution < 1.29 is 9.90 Å². The number of nitrogens with one attached hydrogen (secondary N) is 1. The molecule has 0 aliphatic carbocycles. The molecule has 4 nitrogen and oxygen atoms in total. The van der Waals surface area contributed by atoms with Crippen LogP contribution in [0.5, 0.6) is 5.75 Å². The molecule has 0 aliphatic rings. The number of benzene rings is 1. The molecule has 1 rings (SSSR count). The number of hydrogen-bond donors (Lipinski definition) is 2. The third-order valence-corrected chi connectivity index (χ3v) is 1.74. The van der Waals surface area contributed by atoms with Gasteiger partial charge in [0.2, 0.25) is 0 Å². The van der Waals surface area contributed by atoms with Gasteiger partial charge in [-0.3, -0.25) is 10.5 Å². The Kier molecular flexibility index (Phi) is 2.87. The minimum absolute atomic E-state index is 0.110. The van der Waals surface area contributed by atoms with E-state index < -0.39 is 5.91 Å². The average molecular weight is 179 g/mol. The zero-order valence-electron chi connectivity index (χ0n) is 7.08. The molecule has 0 fully saturated rings. The smallest absolute Gasteiger partial charge is 0.252 e. The summed E-state index contributed by atoms with van der Waals surface area (Å²) in [6, 6.07) is 4.62. The molecule has 1 aromatic rings. The van der Waals surface area contributed by atoms with E-state index in [2.05, 4.69) is 0 Å². The first kappa shape index (κ1) is 9.54. The molecule has 0 saturated heterocycles. The summed E-state index contributed by atoms with van der Waals surface area (Å²) in [6.45, 7) is 0.253. The van der Waals surface area contributed by atoms with Crippen molar-refractivity contribution in [2.45, 2.75) is 6.42 Å². The summed E-state index contributed by atoms with van der Waals surface area (Å²) in [6.07, 6.45) is 0.556. The van der Waals surface area contributed by atoms with E-state index in [0.29, 0.717) is 6.42 Å². The minimum atomic E-state index is -0.649. The van der Waals surface area contributed by atoms with Gasteiger partial charge in [-0.1, -0.05) is 6.07 Å².